The number of anilines is 1. The Labute approximate surface area is 330 Å². The first-order valence-electron chi connectivity index (χ1n) is 19.7. The van der Waals surface area contributed by atoms with Gasteiger partial charge < -0.3 is 19.7 Å². The summed E-state index contributed by atoms with van der Waals surface area (Å²) < 4.78 is 12.3. The number of nitrogens with one attached hydrogen (secondary N) is 1. The Balaban J connectivity index is 0.737. The van der Waals surface area contributed by atoms with Crippen molar-refractivity contribution in [3.05, 3.63) is 101 Å². The van der Waals surface area contributed by atoms with E-state index in [2.05, 4.69) is 24.9 Å². The van der Waals surface area contributed by atoms with E-state index in [1.165, 1.54) is 0 Å². The average molecular weight is 769 g/mol. The Hall–Kier alpha value is -6.13. The Kier molecular flexibility index (Phi) is 11.0. The monoisotopic (exact) mass is 768 g/mol. The lowest BCUT2D eigenvalue weighted by Gasteiger charge is -2.36. The molecule has 3 amide bonds. The van der Waals surface area contributed by atoms with Crippen LogP contribution in [-0.2, 0) is 9.59 Å². The van der Waals surface area contributed by atoms with E-state index >= 15 is 0 Å². The first kappa shape index (κ1) is 37.8. The van der Waals surface area contributed by atoms with E-state index in [9.17, 15) is 24.0 Å². The maximum Gasteiger partial charge on any atom is 0.262 e. The van der Waals surface area contributed by atoms with Gasteiger partial charge in [0.1, 0.15) is 17.3 Å². The number of pyridine rings is 1. The summed E-state index contributed by atoms with van der Waals surface area (Å²) in [6.45, 7) is 12.0. The van der Waals surface area contributed by atoms with Crippen molar-refractivity contribution in [2.24, 2.45) is 0 Å². The number of Topliss-reactive ketones (excluding diaryl/α,β-unsaturated/α-hetero) is 2. The molecule has 1 unspecified atom stereocenters. The molecule has 2 saturated carbocycles. The summed E-state index contributed by atoms with van der Waals surface area (Å²) in [7, 11) is 0. The molecule has 292 valence electrons. The third kappa shape index (κ3) is 8.09. The van der Waals surface area contributed by atoms with Crippen LogP contribution in [0.1, 0.15) is 82.4 Å². The number of benzene rings is 3. The Morgan fingerprint density at radius 1 is 0.877 bits per heavy atom. The van der Waals surface area contributed by atoms with E-state index in [0.717, 1.165) is 86.6 Å². The molecule has 0 bridgehead atoms. The topological polar surface area (TPSA) is 143 Å². The van der Waals surface area contributed by atoms with Crippen molar-refractivity contribution in [2.75, 3.05) is 44.2 Å². The molecule has 3 heterocycles. The molecular weight excluding hydrogens is 725 g/mol. The van der Waals surface area contributed by atoms with Crippen LogP contribution in [0.5, 0.6) is 11.5 Å². The first-order chi connectivity index (χ1) is 27.7. The molecule has 57 heavy (non-hydrogen) atoms. The van der Waals surface area contributed by atoms with E-state index in [4.69, 9.17) is 16.0 Å². The van der Waals surface area contributed by atoms with Crippen LogP contribution in [0.4, 0.5) is 11.4 Å². The maximum absolute atomic E-state index is 13.3. The highest BCUT2D eigenvalue weighted by Gasteiger charge is 2.44. The lowest BCUT2D eigenvalue weighted by molar-refractivity contribution is -0.132. The van der Waals surface area contributed by atoms with Gasteiger partial charge in [-0.2, -0.15) is 0 Å². The molecule has 3 fully saturated rings. The fourth-order valence-electron chi connectivity index (χ4n) is 8.37. The van der Waals surface area contributed by atoms with E-state index in [0.29, 0.717) is 40.3 Å². The molecule has 4 aromatic rings. The number of nitrogens with zero attached hydrogens (tertiary/aromatic N) is 5. The molecule has 0 spiro atoms. The van der Waals surface area contributed by atoms with Gasteiger partial charge in [0.2, 0.25) is 5.69 Å². The largest absolute Gasteiger partial charge is 0.494 e. The second-order valence-electron chi connectivity index (χ2n) is 15.2. The van der Waals surface area contributed by atoms with Gasteiger partial charge in [0.25, 0.3) is 17.7 Å². The number of ketones is 2. The van der Waals surface area contributed by atoms with Crippen LogP contribution in [0, 0.1) is 6.57 Å². The summed E-state index contributed by atoms with van der Waals surface area (Å²) in [4.78, 5) is 77.2. The highest BCUT2D eigenvalue weighted by atomic mass is 16.5. The fourth-order valence-corrected chi connectivity index (χ4v) is 8.37. The van der Waals surface area contributed by atoms with Gasteiger partial charge in [-0.05, 0) is 99.2 Å². The Morgan fingerprint density at radius 3 is 2.40 bits per heavy atom. The highest BCUT2D eigenvalue weighted by molar-refractivity contribution is 6.24. The molecular formula is C44H44N6O7. The zero-order chi connectivity index (χ0) is 39.5. The number of fused-ring (bicyclic) bond motifs is 2. The summed E-state index contributed by atoms with van der Waals surface area (Å²) in [5.74, 6) is -0.0982. The number of carbonyl (C=O) groups excluding carboxylic acids is 5. The predicted octanol–water partition coefficient (Wildman–Crippen LogP) is 5.78. The van der Waals surface area contributed by atoms with Crippen LogP contribution in [0.25, 0.3) is 15.7 Å². The molecule has 1 atom stereocenters. The van der Waals surface area contributed by atoms with Crippen molar-refractivity contribution >= 4 is 51.6 Å². The van der Waals surface area contributed by atoms with Crippen molar-refractivity contribution in [3.63, 3.8) is 0 Å². The number of imide groups is 1. The Morgan fingerprint density at radius 2 is 1.65 bits per heavy atom. The van der Waals surface area contributed by atoms with Gasteiger partial charge >= 0.3 is 0 Å². The van der Waals surface area contributed by atoms with E-state index in [-0.39, 0.29) is 48.9 Å². The van der Waals surface area contributed by atoms with Gasteiger partial charge in [-0.25, -0.2) is 4.85 Å². The zero-order valence-corrected chi connectivity index (χ0v) is 31.7. The predicted molar refractivity (Wildman–Crippen MR) is 212 cm³/mol. The third-order valence-electron chi connectivity index (χ3n) is 11.5. The van der Waals surface area contributed by atoms with Gasteiger partial charge in [-0.3, -0.25) is 38.8 Å². The fraction of sp³-hybridized carbons (Fsp3) is 0.386. The standard InChI is InChI=1S/C44H44N6O7/c1-45-37-16-18-40(35-4-2-19-46-41(35)37)57-33-13-7-29(8-14-33)47-42(53)28-5-11-32(12-6-28)56-25-3-20-48-21-23-49(24-22-48)30-9-15-34-36(26-30)44(55)50(43(34)54)38-17-10-31(51)27-39(38)52/h2,4-6,9,11-12,15-16,18-19,26,29,33,38H,3,7-8,10,13-14,17,20-25,27H2,(H,47,53). The van der Waals surface area contributed by atoms with Crippen LogP contribution in [0.2, 0.25) is 0 Å². The molecule has 3 aromatic carbocycles. The number of rotatable bonds is 11. The number of piperazine rings is 1. The second-order valence-corrected chi connectivity index (χ2v) is 15.2. The Bertz CT molecular complexity index is 2250. The molecule has 2 aliphatic heterocycles. The van der Waals surface area contributed by atoms with Gasteiger partial charge in [-0.1, -0.05) is 6.07 Å². The van der Waals surface area contributed by atoms with Crippen LogP contribution >= 0.6 is 0 Å². The number of carbonyl (C=O) groups is 5. The van der Waals surface area contributed by atoms with Crippen LogP contribution in [0.3, 0.4) is 0 Å². The zero-order valence-electron chi connectivity index (χ0n) is 31.7. The quantitative estimate of drug-likeness (QED) is 0.0864. The summed E-state index contributed by atoms with van der Waals surface area (Å²) in [6, 6.07) is 19.1. The van der Waals surface area contributed by atoms with Gasteiger partial charge in [-0.15, -0.1) is 0 Å². The van der Waals surface area contributed by atoms with Gasteiger partial charge in [0.05, 0.1) is 48.4 Å². The molecule has 13 heteroatoms. The molecule has 1 aromatic heterocycles. The number of hydrogen-bond donors (Lipinski definition) is 1. The molecule has 0 radical (unpaired) electrons. The van der Waals surface area contributed by atoms with Crippen molar-refractivity contribution in [1.29, 1.82) is 0 Å². The summed E-state index contributed by atoms with van der Waals surface area (Å²) in [5, 5.41) is 4.02. The minimum Gasteiger partial charge on any atom is -0.494 e. The van der Waals surface area contributed by atoms with Gasteiger partial charge in [0.15, 0.2) is 5.78 Å². The minimum atomic E-state index is -0.871. The number of amides is 3. The van der Waals surface area contributed by atoms with Gasteiger partial charge in [0, 0.05) is 68.0 Å². The lowest BCUT2D eigenvalue weighted by atomic mass is 9.92. The maximum atomic E-state index is 13.3. The van der Waals surface area contributed by atoms with E-state index < -0.39 is 17.9 Å². The summed E-state index contributed by atoms with van der Waals surface area (Å²) >= 11 is 0. The summed E-state index contributed by atoms with van der Waals surface area (Å²) in [6.07, 6.45) is 5.97. The molecule has 4 aliphatic rings. The number of aromatic nitrogens is 1. The summed E-state index contributed by atoms with van der Waals surface area (Å²) in [5.41, 5.74) is 3.23. The third-order valence-corrected chi connectivity index (χ3v) is 11.5. The van der Waals surface area contributed by atoms with E-state index in [1.54, 1.807) is 36.5 Å². The first-order valence-corrected chi connectivity index (χ1v) is 19.7. The smallest absolute Gasteiger partial charge is 0.262 e. The van der Waals surface area contributed by atoms with Crippen LogP contribution in [0.15, 0.2) is 72.9 Å². The lowest BCUT2D eigenvalue weighted by Crippen LogP contribution is -2.47. The van der Waals surface area contributed by atoms with Crippen LogP contribution < -0.4 is 19.7 Å². The second kappa shape index (κ2) is 16.5. The van der Waals surface area contributed by atoms with E-state index in [1.807, 2.05) is 36.4 Å². The molecule has 2 aliphatic carbocycles. The molecule has 13 nitrogen and oxygen atoms in total. The molecule has 1 N–H and O–H groups in total. The normalized spacial score (nSPS) is 21.4. The molecule has 1 saturated heterocycles. The van der Waals surface area contributed by atoms with Crippen molar-refractivity contribution in [3.8, 4) is 11.5 Å². The van der Waals surface area contributed by atoms with Crippen LogP contribution in [-0.4, -0.2) is 102 Å². The van der Waals surface area contributed by atoms with Crippen molar-refractivity contribution < 1.29 is 33.4 Å². The highest BCUT2D eigenvalue weighted by Crippen LogP contribution is 2.35. The SMILES string of the molecule is [C-]#[N+]c1ccc(OC2CCC(NC(=O)c3ccc(OCCCN4CCN(c5ccc6c(c5)C(=O)N(C5CCC(=O)CC5=O)C6=O)CC4)cc3)CC2)c2cccnc12. The van der Waals surface area contributed by atoms with Crippen molar-refractivity contribution in [2.45, 2.75) is 69.6 Å². The number of hydrogen-bond acceptors (Lipinski definition) is 10. The minimum absolute atomic E-state index is 0.0310. The van der Waals surface area contributed by atoms with Crippen molar-refractivity contribution in [1.82, 2.24) is 20.1 Å². The average Bonchev–Trinajstić information content (AvgIpc) is 3.48. The molecule has 8 rings (SSSR count). The number of ether oxygens (including phenoxy) is 2.